The van der Waals surface area contributed by atoms with Crippen molar-refractivity contribution >= 4 is 9.84 Å². The van der Waals surface area contributed by atoms with Gasteiger partial charge in [0, 0.05) is 0 Å². The SMILES string of the molecule is Cc1ccc(CC(O)C2CCCCS2(=O)=O)cc1. The monoisotopic (exact) mass is 268 g/mol. The number of hydrogen-bond donors (Lipinski definition) is 1. The highest BCUT2D eigenvalue weighted by Gasteiger charge is 2.34. The maximum Gasteiger partial charge on any atom is 0.155 e. The van der Waals surface area contributed by atoms with E-state index < -0.39 is 21.2 Å². The maximum atomic E-state index is 11.9. The second-order valence-electron chi connectivity index (χ2n) is 5.16. The number of sulfone groups is 1. The zero-order valence-electron chi connectivity index (χ0n) is 10.7. The number of aliphatic hydroxyl groups excluding tert-OH is 1. The van der Waals surface area contributed by atoms with Crippen molar-refractivity contribution in [3.8, 4) is 0 Å². The molecule has 2 unspecified atom stereocenters. The van der Waals surface area contributed by atoms with Gasteiger partial charge in [0.25, 0.3) is 0 Å². The van der Waals surface area contributed by atoms with Gasteiger partial charge in [0.15, 0.2) is 9.84 Å². The summed E-state index contributed by atoms with van der Waals surface area (Å²) in [6, 6.07) is 7.87. The van der Waals surface area contributed by atoms with Crippen LogP contribution in [0, 0.1) is 6.92 Å². The van der Waals surface area contributed by atoms with E-state index in [0.717, 1.165) is 18.4 Å². The molecule has 1 saturated heterocycles. The summed E-state index contributed by atoms with van der Waals surface area (Å²) < 4.78 is 23.8. The van der Waals surface area contributed by atoms with Crippen LogP contribution >= 0.6 is 0 Å². The van der Waals surface area contributed by atoms with Crippen LogP contribution < -0.4 is 0 Å². The van der Waals surface area contributed by atoms with Crippen molar-refractivity contribution < 1.29 is 13.5 Å². The molecule has 1 N–H and O–H groups in total. The Morgan fingerprint density at radius 3 is 2.56 bits per heavy atom. The Kier molecular flexibility index (Phi) is 4.07. The Hall–Kier alpha value is -0.870. The molecular weight excluding hydrogens is 248 g/mol. The molecule has 0 aliphatic carbocycles. The smallest absolute Gasteiger partial charge is 0.155 e. The van der Waals surface area contributed by atoms with Crippen LogP contribution in [0.1, 0.15) is 30.4 Å². The predicted molar refractivity (Wildman–Crippen MR) is 72.3 cm³/mol. The van der Waals surface area contributed by atoms with Gasteiger partial charge in [0.2, 0.25) is 0 Å². The number of hydrogen-bond acceptors (Lipinski definition) is 3. The van der Waals surface area contributed by atoms with E-state index in [1.54, 1.807) is 0 Å². The van der Waals surface area contributed by atoms with Crippen molar-refractivity contribution in [3.05, 3.63) is 35.4 Å². The van der Waals surface area contributed by atoms with E-state index in [4.69, 9.17) is 0 Å². The van der Waals surface area contributed by atoms with Gasteiger partial charge in [-0.05, 0) is 31.7 Å². The molecule has 1 aromatic carbocycles. The van der Waals surface area contributed by atoms with Gasteiger partial charge in [-0.3, -0.25) is 0 Å². The minimum Gasteiger partial charge on any atom is -0.391 e. The molecule has 1 aromatic rings. The average molecular weight is 268 g/mol. The molecule has 1 aliphatic rings. The summed E-state index contributed by atoms with van der Waals surface area (Å²) in [6.07, 6.45) is 1.86. The first-order chi connectivity index (χ1) is 8.49. The largest absolute Gasteiger partial charge is 0.391 e. The second kappa shape index (κ2) is 5.41. The van der Waals surface area contributed by atoms with Crippen molar-refractivity contribution in [2.75, 3.05) is 5.75 Å². The minimum atomic E-state index is -3.10. The van der Waals surface area contributed by atoms with Crippen LogP contribution in [0.4, 0.5) is 0 Å². The minimum absolute atomic E-state index is 0.225. The highest BCUT2D eigenvalue weighted by Crippen LogP contribution is 2.24. The number of benzene rings is 1. The lowest BCUT2D eigenvalue weighted by molar-refractivity contribution is 0.162. The Bertz CT molecular complexity index is 490. The van der Waals surface area contributed by atoms with Crippen LogP contribution in [0.5, 0.6) is 0 Å². The third kappa shape index (κ3) is 3.12. The van der Waals surface area contributed by atoms with E-state index in [0.29, 0.717) is 12.8 Å². The molecule has 100 valence electrons. The molecular formula is C14H20O3S. The molecule has 1 fully saturated rings. The van der Waals surface area contributed by atoms with E-state index in [1.165, 1.54) is 5.56 Å². The molecule has 1 heterocycles. The average Bonchev–Trinajstić information content (AvgIpc) is 2.31. The Balaban J connectivity index is 2.07. The van der Waals surface area contributed by atoms with Crippen molar-refractivity contribution in [1.82, 2.24) is 0 Å². The highest BCUT2D eigenvalue weighted by molar-refractivity contribution is 7.92. The first kappa shape index (κ1) is 13.6. The van der Waals surface area contributed by atoms with Gasteiger partial charge >= 0.3 is 0 Å². The molecule has 1 aliphatic heterocycles. The molecule has 4 heteroatoms. The maximum absolute atomic E-state index is 11.9. The fourth-order valence-electron chi connectivity index (χ4n) is 2.51. The first-order valence-electron chi connectivity index (χ1n) is 6.44. The Morgan fingerprint density at radius 1 is 1.28 bits per heavy atom. The standard InChI is InChI=1S/C14H20O3S/c1-11-5-7-12(8-6-11)10-13(15)14-4-2-3-9-18(14,16)17/h5-8,13-15H,2-4,9-10H2,1H3. The lowest BCUT2D eigenvalue weighted by Crippen LogP contribution is -2.39. The summed E-state index contributed by atoms with van der Waals surface area (Å²) in [5.41, 5.74) is 2.16. The van der Waals surface area contributed by atoms with E-state index in [9.17, 15) is 13.5 Å². The van der Waals surface area contributed by atoms with Crippen LogP contribution in [0.15, 0.2) is 24.3 Å². The Morgan fingerprint density at radius 2 is 1.94 bits per heavy atom. The van der Waals surface area contributed by atoms with Crippen molar-refractivity contribution in [1.29, 1.82) is 0 Å². The molecule has 18 heavy (non-hydrogen) atoms. The summed E-state index contributed by atoms with van der Waals surface area (Å²) in [6.45, 7) is 2.01. The van der Waals surface area contributed by atoms with Crippen LogP contribution in [-0.2, 0) is 16.3 Å². The molecule has 2 atom stereocenters. The van der Waals surface area contributed by atoms with Gasteiger partial charge in [0.05, 0.1) is 17.1 Å². The highest BCUT2D eigenvalue weighted by atomic mass is 32.2. The molecule has 0 saturated carbocycles. The quantitative estimate of drug-likeness (QED) is 0.910. The molecule has 0 spiro atoms. The molecule has 0 radical (unpaired) electrons. The summed E-state index contributed by atoms with van der Waals surface area (Å²) in [4.78, 5) is 0. The molecule has 0 bridgehead atoms. The molecule has 0 amide bonds. The first-order valence-corrected chi connectivity index (χ1v) is 8.16. The van der Waals surface area contributed by atoms with Gasteiger partial charge < -0.3 is 5.11 Å². The predicted octanol–water partition coefficient (Wildman–Crippen LogP) is 1.87. The van der Waals surface area contributed by atoms with Gasteiger partial charge in [0.1, 0.15) is 0 Å². The van der Waals surface area contributed by atoms with Gasteiger partial charge in [-0.2, -0.15) is 0 Å². The van der Waals surface area contributed by atoms with Crippen LogP contribution in [0.3, 0.4) is 0 Å². The number of aryl methyl sites for hydroxylation is 1. The van der Waals surface area contributed by atoms with Gasteiger partial charge in [-0.15, -0.1) is 0 Å². The third-order valence-electron chi connectivity index (χ3n) is 3.62. The van der Waals surface area contributed by atoms with E-state index in [2.05, 4.69) is 0 Å². The van der Waals surface area contributed by atoms with E-state index in [1.807, 2.05) is 31.2 Å². The third-order valence-corrected chi connectivity index (χ3v) is 5.95. The Labute approximate surface area is 109 Å². The molecule has 2 rings (SSSR count). The lowest BCUT2D eigenvalue weighted by atomic mass is 10.0. The summed E-state index contributed by atoms with van der Waals surface area (Å²) in [5.74, 6) is 0.225. The summed E-state index contributed by atoms with van der Waals surface area (Å²) in [7, 11) is -3.10. The van der Waals surface area contributed by atoms with E-state index >= 15 is 0 Å². The zero-order chi connectivity index (χ0) is 13.2. The van der Waals surface area contributed by atoms with Crippen molar-refractivity contribution in [2.45, 2.75) is 44.0 Å². The van der Waals surface area contributed by atoms with Gasteiger partial charge in [-0.1, -0.05) is 36.2 Å². The summed E-state index contributed by atoms with van der Waals surface area (Å²) in [5, 5.41) is 9.58. The molecule has 0 aromatic heterocycles. The van der Waals surface area contributed by atoms with Crippen molar-refractivity contribution in [2.24, 2.45) is 0 Å². The zero-order valence-corrected chi connectivity index (χ0v) is 11.5. The van der Waals surface area contributed by atoms with Crippen LogP contribution in [0.25, 0.3) is 0 Å². The van der Waals surface area contributed by atoms with E-state index in [-0.39, 0.29) is 5.75 Å². The lowest BCUT2D eigenvalue weighted by Gasteiger charge is -2.26. The fourth-order valence-corrected chi connectivity index (χ4v) is 4.52. The summed E-state index contributed by atoms with van der Waals surface area (Å²) >= 11 is 0. The normalized spacial score (nSPS) is 24.7. The van der Waals surface area contributed by atoms with Gasteiger partial charge in [-0.25, -0.2) is 8.42 Å². The fraction of sp³-hybridized carbons (Fsp3) is 0.571. The van der Waals surface area contributed by atoms with Crippen LogP contribution in [-0.4, -0.2) is 30.6 Å². The van der Waals surface area contributed by atoms with Crippen molar-refractivity contribution in [3.63, 3.8) is 0 Å². The molecule has 3 nitrogen and oxygen atoms in total. The number of rotatable bonds is 3. The topological polar surface area (TPSA) is 54.4 Å². The van der Waals surface area contributed by atoms with Crippen LogP contribution in [0.2, 0.25) is 0 Å². The second-order valence-corrected chi connectivity index (χ2v) is 7.50. The number of aliphatic hydroxyl groups is 1.